The molecule has 0 spiro atoms. The third kappa shape index (κ3) is 5.21. The third-order valence-corrected chi connectivity index (χ3v) is 7.39. The summed E-state index contributed by atoms with van der Waals surface area (Å²) in [4.78, 5) is 34.7. The van der Waals surface area contributed by atoms with Crippen LogP contribution in [0.3, 0.4) is 0 Å². The SMILES string of the molecule is CC(Cn1c(=S)n(OC(=O)C(F)(F)F)c(=O)c2[nH]cnc21)NCc1cccn1S(=O)(=O)c1ccccc1. The summed E-state index contributed by atoms with van der Waals surface area (Å²) in [5, 5.41) is 3.12. The van der Waals surface area contributed by atoms with Crippen molar-refractivity contribution in [2.24, 2.45) is 0 Å². The molecule has 4 rings (SSSR count). The second-order valence-electron chi connectivity index (χ2n) is 7.87. The number of alkyl halides is 3. The summed E-state index contributed by atoms with van der Waals surface area (Å²) in [7, 11) is -3.83. The third-order valence-electron chi connectivity index (χ3n) is 5.26. The normalized spacial score (nSPS) is 13.1. The van der Waals surface area contributed by atoms with Crippen molar-refractivity contribution in [3.8, 4) is 0 Å². The van der Waals surface area contributed by atoms with E-state index in [0.29, 0.717) is 5.69 Å². The number of rotatable bonds is 8. The minimum atomic E-state index is -5.35. The van der Waals surface area contributed by atoms with Crippen LogP contribution < -0.4 is 15.7 Å². The first-order valence-corrected chi connectivity index (χ1v) is 12.4. The fourth-order valence-electron chi connectivity index (χ4n) is 3.51. The van der Waals surface area contributed by atoms with Gasteiger partial charge in [0.1, 0.15) is 0 Å². The topological polar surface area (TPSA) is 133 Å². The average molecular weight is 557 g/mol. The molecule has 3 aromatic heterocycles. The highest BCUT2D eigenvalue weighted by Crippen LogP contribution is 2.17. The molecular formula is C21H19F3N6O5S2. The van der Waals surface area contributed by atoms with E-state index in [1.165, 1.54) is 22.9 Å². The van der Waals surface area contributed by atoms with Crippen LogP contribution in [0.15, 0.2) is 64.7 Å². The minimum Gasteiger partial charge on any atom is -0.339 e. The maximum atomic E-state index is 13.0. The first kappa shape index (κ1) is 26.3. The molecule has 1 atom stereocenters. The maximum absolute atomic E-state index is 13.0. The van der Waals surface area contributed by atoms with E-state index in [9.17, 15) is 31.2 Å². The van der Waals surface area contributed by atoms with Crippen LogP contribution in [-0.2, 0) is 27.9 Å². The highest BCUT2D eigenvalue weighted by atomic mass is 32.2. The van der Waals surface area contributed by atoms with Crippen LogP contribution in [0.5, 0.6) is 0 Å². The molecule has 2 N–H and O–H groups in total. The van der Waals surface area contributed by atoms with Crippen LogP contribution in [0.2, 0.25) is 0 Å². The van der Waals surface area contributed by atoms with Crippen LogP contribution in [0, 0.1) is 4.77 Å². The Labute approximate surface area is 212 Å². The van der Waals surface area contributed by atoms with E-state index in [-0.39, 0.29) is 33.9 Å². The Morgan fingerprint density at radius 1 is 1.22 bits per heavy atom. The average Bonchev–Trinajstić information content (AvgIpc) is 3.53. The van der Waals surface area contributed by atoms with Gasteiger partial charge in [0.15, 0.2) is 11.2 Å². The highest BCUT2D eigenvalue weighted by molar-refractivity contribution is 7.90. The molecule has 0 saturated heterocycles. The maximum Gasteiger partial charge on any atom is 0.493 e. The standard InChI is InChI=1S/C21H19F3N6O5S2/c1-13(25-10-14-6-5-9-29(14)37(33,34)15-7-3-2-4-8-15)11-28-17-16(26-12-27-17)18(31)30(20(28)36)35-19(32)21(22,23)24/h2-9,12-13,25H,10-11H2,1H3,(H,26,27). The first-order chi connectivity index (χ1) is 17.4. The Kier molecular flexibility index (Phi) is 7.07. The number of halogens is 3. The number of carbonyl (C=O) groups is 1. The molecule has 37 heavy (non-hydrogen) atoms. The van der Waals surface area contributed by atoms with Gasteiger partial charge in [0.25, 0.3) is 10.0 Å². The number of aromatic amines is 1. The molecule has 0 saturated carbocycles. The number of imidazole rings is 1. The predicted molar refractivity (Wildman–Crippen MR) is 127 cm³/mol. The number of nitrogens with zero attached hydrogens (tertiary/aromatic N) is 4. The summed E-state index contributed by atoms with van der Waals surface area (Å²) in [6.45, 7) is 1.78. The Hall–Kier alpha value is -3.76. The van der Waals surface area contributed by atoms with Gasteiger partial charge >= 0.3 is 17.7 Å². The number of carbonyl (C=O) groups excluding carboxylic acids is 1. The van der Waals surface area contributed by atoms with Crippen LogP contribution in [0.25, 0.3) is 11.2 Å². The van der Waals surface area contributed by atoms with Gasteiger partial charge in [-0.2, -0.15) is 13.2 Å². The summed E-state index contributed by atoms with van der Waals surface area (Å²) in [6.07, 6.45) is -2.79. The molecule has 0 aliphatic rings. The largest absolute Gasteiger partial charge is 0.493 e. The number of benzene rings is 1. The number of aromatic nitrogens is 5. The van der Waals surface area contributed by atoms with Gasteiger partial charge in [-0.25, -0.2) is 22.2 Å². The summed E-state index contributed by atoms with van der Waals surface area (Å²) in [5.74, 6) is -2.61. The van der Waals surface area contributed by atoms with Gasteiger partial charge in [-0.15, -0.1) is 4.73 Å². The number of hydrogen-bond acceptors (Lipinski definition) is 8. The van der Waals surface area contributed by atoms with Crippen molar-refractivity contribution in [3.63, 3.8) is 0 Å². The fraction of sp³-hybridized carbons (Fsp3) is 0.238. The Morgan fingerprint density at radius 2 is 1.92 bits per heavy atom. The van der Waals surface area contributed by atoms with Crippen LogP contribution in [0.1, 0.15) is 12.6 Å². The number of hydrogen-bond donors (Lipinski definition) is 2. The molecule has 0 radical (unpaired) electrons. The van der Waals surface area contributed by atoms with Crippen molar-refractivity contribution in [2.45, 2.75) is 37.1 Å². The zero-order chi connectivity index (χ0) is 27.0. The summed E-state index contributed by atoms with van der Waals surface area (Å²) in [6, 6.07) is 10.6. The molecule has 0 bridgehead atoms. The number of nitrogens with one attached hydrogen (secondary N) is 2. The lowest BCUT2D eigenvalue weighted by molar-refractivity contribution is -0.200. The lowest BCUT2D eigenvalue weighted by Crippen LogP contribution is -2.41. The zero-order valence-electron chi connectivity index (χ0n) is 19.0. The smallest absolute Gasteiger partial charge is 0.339 e. The Balaban J connectivity index is 1.58. The quantitative estimate of drug-likeness (QED) is 0.315. The van der Waals surface area contributed by atoms with Crippen molar-refractivity contribution in [1.82, 2.24) is 28.6 Å². The van der Waals surface area contributed by atoms with Crippen molar-refractivity contribution >= 4 is 39.4 Å². The van der Waals surface area contributed by atoms with Crippen molar-refractivity contribution in [1.29, 1.82) is 0 Å². The van der Waals surface area contributed by atoms with Gasteiger partial charge in [0, 0.05) is 31.0 Å². The van der Waals surface area contributed by atoms with Gasteiger partial charge in [-0.05, 0) is 43.4 Å². The van der Waals surface area contributed by atoms with E-state index in [2.05, 4.69) is 20.1 Å². The highest BCUT2D eigenvalue weighted by Gasteiger charge is 2.42. The van der Waals surface area contributed by atoms with Crippen LogP contribution in [0.4, 0.5) is 13.2 Å². The number of fused-ring (bicyclic) bond motifs is 1. The molecule has 1 aromatic carbocycles. The summed E-state index contributed by atoms with van der Waals surface area (Å²) >= 11 is 5.14. The van der Waals surface area contributed by atoms with Crippen molar-refractivity contribution in [2.75, 3.05) is 0 Å². The zero-order valence-corrected chi connectivity index (χ0v) is 20.6. The fourth-order valence-corrected chi connectivity index (χ4v) is 5.19. The second-order valence-corrected chi connectivity index (χ2v) is 10.0. The molecule has 4 aromatic rings. The summed E-state index contributed by atoms with van der Waals surface area (Å²) < 4.78 is 66.1. The van der Waals surface area contributed by atoms with Gasteiger partial charge in [0.05, 0.1) is 11.2 Å². The molecule has 0 fully saturated rings. The van der Waals surface area contributed by atoms with Gasteiger partial charge in [-0.3, -0.25) is 9.36 Å². The van der Waals surface area contributed by atoms with Crippen LogP contribution >= 0.6 is 12.2 Å². The monoisotopic (exact) mass is 556 g/mol. The van der Waals surface area contributed by atoms with E-state index in [4.69, 9.17) is 12.2 Å². The molecular weight excluding hydrogens is 537 g/mol. The Bertz CT molecular complexity index is 1670. The molecule has 3 heterocycles. The van der Waals surface area contributed by atoms with Gasteiger partial charge in [0.2, 0.25) is 4.77 Å². The Morgan fingerprint density at radius 3 is 2.59 bits per heavy atom. The molecule has 0 aliphatic carbocycles. The van der Waals surface area contributed by atoms with E-state index < -0.39 is 38.5 Å². The van der Waals surface area contributed by atoms with Crippen molar-refractivity contribution < 1.29 is 31.2 Å². The molecule has 11 nitrogen and oxygen atoms in total. The molecule has 196 valence electrons. The van der Waals surface area contributed by atoms with Gasteiger partial charge in [-0.1, -0.05) is 18.2 Å². The van der Waals surface area contributed by atoms with E-state index >= 15 is 0 Å². The molecule has 1 unspecified atom stereocenters. The first-order valence-electron chi connectivity index (χ1n) is 10.6. The van der Waals surface area contributed by atoms with Gasteiger partial charge < -0.3 is 15.1 Å². The summed E-state index contributed by atoms with van der Waals surface area (Å²) in [5.41, 5.74) is -0.874. The predicted octanol–water partition coefficient (Wildman–Crippen LogP) is 1.99. The second kappa shape index (κ2) is 9.95. The van der Waals surface area contributed by atoms with E-state index in [0.717, 1.165) is 10.3 Å². The lowest BCUT2D eigenvalue weighted by Gasteiger charge is -2.19. The minimum absolute atomic E-state index is 0.0177. The van der Waals surface area contributed by atoms with Crippen LogP contribution in [-0.4, -0.2) is 49.8 Å². The van der Waals surface area contributed by atoms with Crippen molar-refractivity contribution in [3.05, 3.63) is 75.8 Å². The van der Waals surface area contributed by atoms with E-state index in [1.54, 1.807) is 37.3 Å². The molecule has 0 aliphatic heterocycles. The number of H-pyrrole nitrogens is 1. The molecule has 16 heteroatoms. The van der Waals surface area contributed by atoms with E-state index in [1.807, 2.05) is 0 Å². The molecule has 0 amide bonds. The lowest BCUT2D eigenvalue weighted by atomic mass is 10.3.